The molecule has 2 rings (SSSR count). The molecule has 0 saturated carbocycles. The Labute approximate surface area is 116 Å². The lowest BCUT2D eigenvalue weighted by Gasteiger charge is -2.22. The predicted octanol–water partition coefficient (Wildman–Crippen LogP) is 2.51. The van der Waals surface area contributed by atoms with Crippen LogP contribution in [0.5, 0.6) is 5.75 Å². The second kappa shape index (κ2) is 5.14. The van der Waals surface area contributed by atoms with E-state index in [0.29, 0.717) is 0 Å². The monoisotopic (exact) mass is 263 g/mol. The molecule has 0 radical (unpaired) electrons. The number of nitrogens with one attached hydrogen (secondary N) is 1. The van der Waals surface area contributed by atoms with Gasteiger partial charge in [0.05, 0.1) is 0 Å². The molecule has 0 amide bonds. The summed E-state index contributed by atoms with van der Waals surface area (Å²) >= 11 is 0. The molecule has 1 aliphatic rings. The number of benzene rings is 1. The summed E-state index contributed by atoms with van der Waals surface area (Å²) in [6.45, 7) is 10.1. The lowest BCUT2D eigenvalue weighted by atomic mass is 9.95. The third-order valence-corrected chi connectivity index (χ3v) is 3.52. The highest BCUT2D eigenvalue weighted by Gasteiger charge is 2.31. The van der Waals surface area contributed by atoms with Gasteiger partial charge in [-0.15, -0.1) is 0 Å². The van der Waals surface area contributed by atoms with E-state index in [-0.39, 0.29) is 17.6 Å². The van der Waals surface area contributed by atoms with Crippen molar-refractivity contribution >= 4 is 0 Å². The van der Waals surface area contributed by atoms with Crippen molar-refractivity contribution in [1.82, 2.24) is 5.32 Å². The molecule has 19 heavy (non-hydrogen) atoms. The van der Waals surface area contributed by atoms with Gasteiger partial charge in [-0.25, -0.2) is 0 Å². The first kappa shape index (κ1) is 14.4. The fourth-order valence-corrected chi connectivity index (χ4v) is 2.41. The van der Waals surface area contributed by atoms with Crippen LogP contribution in [0.25, 0.3) is 0 Å². The molecule has 0 atom stereocenters. The average molecular weight is 263 g/mol. The van der Waals surface area contributed by atoms with Crippen LogP contribution in [-0.4, -0.2) is 23.9 Å². The molecule has 2 N–H and O–H groups in total. The molecule has 3 nitrogen and oxygen atoms in total. The summed E-state index contributed by atoms with van der Waals surface area (Å²) in [6, 6.07) is 6.35. The Hall–Kier alpha value is -1.06. The fraction of sp³-hybridized carbons (Fsp3) is 0.625. The van der Waals surface area contributed by atoms with Crippen LogP contribution in [-0.2, 0) is 13.0 Å². The molecule has 0 aliphatic carbocycles. The Bertz CT molecular complexity index is 452. The van der Waals surface area contributed by atoms with Crippen LogP contribution in [0.4, 0.5) is 0 Å². The van der Waals surface area contributed by atoms with E-state index in [4.69, 9.17) is 4.74 Å². The van der Waals surface area contributed by atoms with Crippen LogP contribution in [0, 0.1) is 5.41 Å². The SMILES string of the molecule is CC(C)(CO)CNCc1cccc2c1OC(C)(C)C2. The van der Waals surface area contributed by atoms with Gasteiger partial charge in [0, 0.05) is 37.1 Å². The number of ether oxygens (including phenoxy) is 1. The average Bonchev–Trinajstić information content (AvgIpc) is 2.64. The highest BCUT2D eigenvalue weighted by Crippen LogP contribution is 2.37. The van der Waals surface area contributed by atoms with Crippen LogP contribution in [0.2, 0.25) is 0 Å². The van der Waals surface area contributed by atoms with Gasteiger partial charge in [-0.2, -0.15) is 0 Å². The standard InChI is InChI=1S/C16H25NO2/c1-15(2,11-18)10-17-9-13-7-5-6-12-8-16(3,4)19-14(12)13/h5-7,17-18H,8-11H2,1-4H3. The summed E-state index contributed by atoms with van der Waals surface area (Å²) in [6.07, 6.45) is 0.971. The zero-order chi connectivity index (χ0) is 14.1. The minimum absolute atomic E-state index is 0.0852. The third-order valence-electron chi connectivity index (χ3n) is 3.52. The van der Waals surface area contributed by atoms with Crippen molar-refractivity contribution < 1.29 is 9.84 Å². The maximum atomic E-state index is 9.25. The van der Waals surface area contributed by atoms with Crippen molar-refractivity contribution in [3.63, 3.8) is 0 Å². The number of hydrogen-bond acceptors (Lipinski definition) is 3. The fourth-order valence-electron chi connectivity index (χ4n) is 2.41. The molecule has 0 unspecified atom stereocenters. The summed E-state index contributed by atoms with van der Waals surface area (Å²) in [5.74, 6) is 1.04. The summed E-state index contributed by atoms with van der Waals surface area (Å²) in [4.78, 5) is 0. The first-order valence-corrected chi connectivity index (χ1v) is 6.94. The second-order valence-electron chi connectivity index (χ2n) is 6.87. The van der Waals surface area contributed by atoms with Crippen LogP contribution in [0.3, 0.4) is 0 Å². The topological polar surface area (TPSA) is 41.5 Å². The first-order chi connectivity index (χ1) is 8.83. The Kier molecular flexibility index (Phi) is 3.88. The maximum absolute atomic E-state index is 9.25. The number of aliphatic hydroxyl groups excluding tert-OH is 1. The third kappa shape index (κ3) is 3.48. The smallest absolute Gasteiger partial charge is 0.127 e. The van der Waals surface area contributed by atoms with Gasteiger partial charge in [-0.05, 0) is 19.4 Å². The van der Waals surface area contributed by atoms with Crippen LogP contribution >= 0.6 is 0 Å². The summed E-state index contributed by atoms with van der Waals surface area (Å²) in [5, 5.41) is 12.7. The minimum atomic E-state index is -0.0944. The zero-order valence-corrected chi connectivity index (χ0v) is 12.4. The van der Waals surface area contributed by atoms with Gasteiger partial charge >= 0.3 is 0 Å². The van der Waals surface area contributed by atoms with Crippen molar-refractivity contribution in [1.29, 1.82) is 0 Å². The van der Waals surface area contributed by atoms with Crippen LogP contribution < -0.4 is 10.1 Å². The van der Waals surface area contributed by atoms with Gasteiger partial charge < -0.3 is 15.2 Å². The Balaban J connectivity index is 2.02. The largest absolute Gasteiger partial charge is 0.487 e. The predicted molar refractivity (Wildman–Crippen MR) is 77.4 cm³/mol. The first-order valence-electron chi connectivity index (χ1n) is 6.94. The van der Waals surface area contributed by atoms with Crippen molar-refractivity contribution in [2.75, 3.05) is 13.2 Å². The van der Waals surface area contributed by atoms with E-state index in [1.807, 2.05) is 0 Å². The molecule has 0 fully saturated rings. The highest BCUT2D eigenvalue weighted by molar-refractivity contribution is 5.45. The maximum Gasteiger partial charge on any atom is 0.127 e. The van der Waals surface area contributed by atoms with Crippen molar-refractivity contribution in [2.24, 2.45) is 5.41 Å². The van der Waals surface area contributed by atoms with Crippen molar-refractivity contribution in [2.45, 2.75) is 46.3 Å². The molecule has 106 valence electrons. The van der Waals surface area contributed by atoms with Crippen molar-refractivity contribution in [3.05, 3.63) is 29.3 Å². The summed E-state index contributed by atoms with van der Waals surface area (Å²) < 4.78 is 6.05. The van der Waals surface area contributed by atoms with Crippen molar-refractivity contribution in [3.8, 4) is 5.75 Å². The molecule has 0 saturated heterocycles. The molecule has 3 heteroatoms. The van der Waals surface area contributed by atoms with Gasteiger partial charge in [0.1, 0.15) is 11.4 Å². The number of rotatable bonds is 5. The summed E-state index contributed by atoms with van der Waals surface area (Å²) in [5.41, 5.74) is 2.32. The van der Waals surface area contributed by atoms with E-state index in [1.54, 1.807) is 0 Å². The molecule has 1 aromatic carbocycles. The number of para-hydroxylation sites is 1. The molecule has 0 spiro atoms. The molecular formula is C16H25NO2. The van der Waals surface area contributed by atoms with E-state index < -0.39 is 0 Å². The van der Waals surface area contributed by atoms with Gasteiger partial charge in [0.25, 0.3) is 0 Å². The normalized spacial score (nSPS) is 17.1. The molecular weight excluding hydrogens is 238 g/mol. The molecule has 1 heterocycles. The lowest BCUT2D eigenvalue weighted by Crippen LogP contribution is -2.32. The number of fused-ring (bicyclic) bond motifs is 1. The van der Waals surface area contributed by atoms with E-state index >= 15 is 0 Å². The quantitative estimate of drug-likeness (QED) is 0.857. The lowest BCUT2D eigenvalue weighted by molar-refractivity contribution is 0.136. The molecule has 0 bridgehead atoms. The van der Waals surface area contributed by atoms with Crippen LogP contribution in [0.1, 0.15) is 38.8 Å². The molecule has 1 aromatic rings. The van der Waals surface area contributed by atoms with E-state index in [2.05, 4.69) is 51.2 Å². The Morgan fingerprint density at radius 1 is 1.37 bits per heavy atom. The van der Waals surface area contributed by atoms with Gasteiger partial charge in [0.15, 0.2) is 0 Å². The van der Waals surface area contributed by atoms with E-state index in [9.17, 15) is 5.11 Å². The minimum Gasteiger partial charge on any atom is -0.487 e. The van der Waals surface area contributed by atoms with Crippen LogP contribution in [0.15, 0.2) is 18.2 Å². The Morgan fingerprint density at radius 3 is 2.79 bits per heavy atom. The molecule has 0 aromatic heterocycles. The zero-order valence-electron chi connectivity index (χ0n) is 12.4. The van der Waals surface area contributed by atoms with Gasteiger partial charge in [0.2, 0.25) is 0 Å². The highest BCUT2D eigenvalue weighted by atomic mass is 16.5. The van der Waals surface area contributed by atoms with Gasteiger partial charge in [-0.3, -0.25) is 0 Å². The number of hydrogen-bond donors (Lipinski definition) is 2. The Morgan fingerprint density at radius 2 is 2.11 bits per heavy atom. The van der Waals surface area contributed by atoms with E-state index in [1.165, 1.54) is 11.1 Å². The summed E-state index contributed by atoms with van der Waals surface area (Å²) in [7, 11) is 0. The number of aliphatic hydroxyl groups is 1. The second-order valence-corrected chi connectivity index (χ2v) is 6.87. The van der Waals surface area contributed by atoms with E-state index in [0.717, 1.165) is 25.3 Å². The molecule has 1 aliphatic heterocycles. The van der Waals surface area contributed by atoms with Gasteiger partial charge in [-0.1, -0.05) is 32.0 Å².